The Morgan fingerprint density at radius 3 is 2.61 bits per heavy atom. The molecular formula is C20H20N2O5S. The molecule has 0 aliphatic rings. The second kappa shape index (κ2) is 8.71. The molecule has 3 rings (SSSR count). The summed E-state index contributed by atoms with van der Waals surface area (Å²) in [5.74, 6) is 1.55. The van der Waals surface area contributed by atoms with Crippen LogP contribution in [0.3, 0.4) is 0 Å². The van der Waals surface area contributed by atoms with E-state index in [0.29, 0.717) is 23.8 Å². The topological polar surface area (TPSA) is 83.7 Å². The van der Waals surface area contributed by atoms with Gasteiger partial charge in [-0.15, -0.1) is 11.3 Å². The Balaban J connectivity index is 1.76. The van der Waals surface area contributed by atoms with E-state index in [1.807, 2.05) is 30.5 Å². The molecule has 0 spiro atoms. The fourth-order valence-electron chi connectivity index (χ4n) is 2.63. The number of nitro benzene ring substituents is 1. The lowest BCUT2D eigenvalue weighted by atomic mass is 10.2. The number of hydrogen-bond acceptors (Lipinski definition) is 7. The molecule has 0 saturated carbocycles. The van der Waals surface area contributed by atoms with E-state index in [1.54, 1.807) is 26.2 Å². The van der Waals surface area contributed by atoms with E-state index in [4.69, 9.17) is 14.2 Å². The average molecular weight is 400 g/mol. The van der Waals surface area contributed by atoms with Gasteiger partial charge < -0.3 is 14.2 Å². The standard InChI is InChI=1S/C20H20N2O5S/c1-4-26-18-8-6-14(10-19(18)25-3)20-21-15(12-28-20)11-27-17-7-5-13(2)9-16(17)22(23)24/h5-10,12H,4,11H2,1-3H3. The molecule has 0 radical (unpaired) electrons. The summed E-state index contributed by atoms with van der Waals surface area (Å²) >= 11 is 1.47. The van der Waals surface area contributed by atoms with Crippen LogP contribution in [0.2, 0.25) is 0 Å². The zero-order chi connectivity index (χ0) is 20.1. The normalized spacial score (nSPS) is 10.5. The molecule has 0 N–H and O–H groups in total. The number of rotatable bonds is 8. The van der Waals surface area contributed by atoms with E-state index in [1.165, 1.54) is 17.4 Å². The van der Waals surface area contributed by atoms with Crippen LogP contribution in [0, 0.1) is 17.0 Å². The summed E-state index contributed by atoms with van der Waals surface area (Å²) in [5.41, 5.74) is 2.35. The van der Waals surface area contributed by atoms with Gasteiger partial charge in [-0.25, -0.2) is 4.98 Å². The molecule has 8 heteroatoms. The molecule has 146 valence electrons. The molecule has 3 aromatic rings. The number of thiazole rings is 1. The summed E-state index contributed by atoms with van der Waals surface area (Å²) in [6, 6.07) is 10.5. The maximum Gasteiger partial charge on any atom is 0.311 e. The van der Waals surface area contributed by atoms with E-state index in [0.717, 1.165) is 16.1 Å². The minimum atomic E-state index is -0.443. The Bertz CT molecular complexity index is 986. The maximum atomic E-state index is 11.2. The van der Waals surface area contributed by atoms with Gasteiger partial charge in [0.25, 0.3) is 0 Å². The second-order valence-corrected chi connectivity index (χ2v) is 6.82. The second-order valence-electron chi connectivity index (χ2n) is 5.96. The molecular weight excluding hydrogens is 380 g/mol. The zero-order valence-electron chi connectivity index (χ0n) is 15.8. The van der Waals surface area contributed by atoms with Crippen LogP contribution >= 0.6 is 11.3 Å². The summed E-state index contributed by atoms with van der Waals surface area (Å²) in [7, 11) is 1.59. The van der Waals surface area contributed by atoms with Crippen molar-refractivity contribution < 1.29 is 19.1 Å². The fraction of sp³-hybridized carbons (Fsp3) is 0.250. The van der Waals surface area contributed by atoms with Crippen molar-refractivity contribution in [3.05, 3.63) is 63.1 Å². The highest BCUT2D eigenvalue weighted by atomic mass is 32.1. The minimum Gasteiger partial charge on any atom is -0.493 e. The van der Waals surface area contributed by atoms with Crippen LogP contribution in [0.4, 0.5) is 5.69 Å². The number of nitrogens with zero attached hydrogens (tertiary/aromatic N) is 2. The molecule has 0 aliphatic carbocycles. The predicted octanol–water partition coefficient (Wildman–Crippen LogP) is 5.01. The first-order valence-electron chi connectivity index (χ1n) is 8.65. The van der Waals surface area contributed by atoms with Gasteiger partial charge >= 0.3 is 5.69 Å². The Hall–Kier alpha value is -3.13. The van der Waals surface area contributed by atoms with Crippen molar-refractivity contribution >= 4 is 17.0 Å². The molecule has 0 fully saturated rings. The summed E-state index contributed by atoms with van der Waals surface area (Å²) in [5, 5.41) is 13.9. The summed E-state index contributed by atoms with van der Waals surface area (Å²) in [6.45, 7) is 4.42. The monoisotopic (exact) mass is 400 g/mol. The molecule has 0 unspecified atom stereocenters. The number of methoxy groups -OCH3 is 1. The molecule has 0 aliphatic heterocycles. The molecule has 1 heterocycles. The van der Waals surface area contributed by atoms with Gasteiger partial charge in [-0.2, -0.15) is 0 Å². The lowest BCUT2D eigenvalue weighted by molar-refractivity contribution is -0.386. The Morgan fingerprint density at radius 1 is 1.11 bits per heavy atom. The van der Waals surface area contributed by atoms with Crippen LogP contribution < -0.4 is 14.2 Å². The van der Waals surface area contributed by atoms with E-state index >= 15 is 0 Å². The molecule has 0 amide bonds. The highest BCUT2D eigenvalue weighted by Gasteiger charge is 2.16. The summed E-state index contributed by atoms with van der Waals surface area (Å²) in [6.07, 6.45) is 0. The van der Waals surface area contributed by atoms with Gasteiger partial charge in [-0.1, -0.05) is 6.07 Å². The number of ether oxygens (including phenoxy) is 3. The first-order valence-corrected chi connectivity index (χ1v) is 9.53. The van der Waals surface area contributed by atoms with Crippen molar-refractivity contribution in [3.63, 3.8) is 0 Å². The van der Waals surface area contributed by atoms with Crippen LogP contribution in [0.1, 0.15) is 18.2 Å². The van der Waals surface area contributed by atoms with Gasteiger partial charge in [-0.05, 0) is 43.7 Å². The van der Waals surface area contributed by atoms with Crippen molar-refractivity contribution in [2.24, 2.45) is 0 Å². The predicted molar refractivity (Wildman–Crippen MR) is 107 cm³/mol. The van der Waals surface area contributed by atoms with Crippen LogP contribution in [0.25, 0.3) is 10.6 Å². The summed E-state index contributed by atoms with van der Waals surface area (Å²) < 4.78 is 16.6. The van der Waals surface area contributed by atoms with Crippen LogP contribution in [-0.2, 0) is 6.61 Å². The summed E-state index contributed by atoms with van der Waals surface area (Å²) in [4.78, 5) is 15.3. The van der Waals surface area contributed by atoms with E-state index in [-0.39, 0.29) is 18.0 Å². The van der Waals surface area contributed by atoms with Crippen molar-refractivity contribution in [3.8, 4) is 27.8 Å². The van der Waals surface area contributed by atoms with Crippen molar-refractivity contribution in [2.75, 3.05) is 13.7 Å². The smallest absolute Gasteiger partial charge is 0.311 e. The highest BCUT2D eigenvalue weighted by Crippen LogP contribution is 2.34. The van der Waals surface area contributed by atoms with Gasteiger partial charge in [0.2, 0.25) is 0 Å². The molecule has 7 nitrogen and oxygen atoms in total. The van der Waals surface area contributed by atoms with Crippen molar-refractivity contribution in [1.82, 2.24) is 4.98 Å². The maximum absolute atomic E-state index is 11.2. The van der Waals surface area contributed by atoms with Crippen LogP contribution in [0.5, 0.6) is 17.2 Å². The lowest BCUT2D eigenvalue weighted by Gasteiger charge is -2.10. The third-order valence-corrected chi connectivity index (χ3v) is 4.89. The molecule has 0 atom stereocenters. The fourth-order valence-corrected chi connectivity index (χ4v) is 3.43. The molecule has 0 saturated heterocycles. The number of aromatic nitrogens is 1. The zero-order valence-corrected chi connectivity index (χ0v) is 16.6. The molecule has 28 heavy (non-hydrogen) atoms. The molecule has 2 aromatic carbocycles. The van der Waals surface area contributed by atoms with Gasteiger partial charge in [0.15, 0.2) is 17.2 Å². The van der Waals surface area contributed by atoms with Crippen LogP contribution in [0.15, 0.2) is 41.8 Å². The highest BCUT2D eigenvalue weighted by molar-refractivity contribution is 7.13. The van der Waals surface area contributed by atoms with E-state index in [9.17, 15) is 10.1 Å². The Morgan fingerprint density at radius 2 is 1.89 bits per heavy atom. The quantitative estimate of drug-likeness (QED) is 0.390. The molecule has 1 aromatic heterocycles. The average Bonchev–Trinajstić information content (AvgIpc) is 3.16. The van der Waals surface area contributed by atoms with Gasteiger partial charge in [-0.3, -0.25) is 10.1 Å². The third kappa shape index (κ3) is 4.40. The number of benzene rings is 2. The minimum absolute atomic E-state index is 0.0493. The van der Waals surface area contributed by atoms with Gasteiger partial charge in [0.1, 0.15) is 11.6 Å². The Labute approximate surface area is 166 Å². The van der Waals surface area contributed by atoms with Crippen LogP contribution in [-0.4, -0.2) is 23.6 Å². The van der Waals surface area contributed by atoms with Crippen molar-refractivity contribution in [1.29, 1.82) is 0 Å². The first-order chi connectivity index (χ1) is 13.5. The number of hydrogen-bond donors (Lipinski definition) is 0. The first kappa shape index (κ1) is 19.6. The van der Waals surface area contributed by atoms with E-state index < -0.39 is 4.92 Å². The largest absolute Gasteiger partial charge is 0.493 e. The Kier molecular flexibility index (Phi) is 6.10. The number of nitro groups is 1. The lowest BCUT2D eigenvalue weighted by Crippen LogP contribution is -2.00. The van der Waals surface area contributed by atoms with Gasteiger partial charge in [0.05, 0.1) is 24.3 Å². The SMILES string of the molecule is CCOc1ccc(-c2nc(COc3ccc(C)cc3[N+](=O)[O-])cs2)cc1OC. The van der Waals surface area contributed by atoms with Crippen molar-refractivity contribution in [2.45, 2.75) is 20.5 Å². The van der Waals surface area contributed by atoms with E-state index in [2.05, 4.69) is 4.98 Å². The third-order valence-electron chi connectivity index (χ3n) is 3.95. The molecule has 0 bridgehead atoms. The van der Waals surface area contributed by atoms with Gasteiger partial charge in [0, 0.05) is 17.0 Å². The number of aryl methyl sites for hydroxylation is 1.